The molecule has 8 aliphatic rings. The van der Waals surface area contributed by atoms with E-state index < -0.39 is 34.6 Å². The van der Waals surface area contributed by atoms with Gasteiger partial charge in [-0.3, -0.25) is 0 Å². The lowest BCUT2D eigenvalue weighted by atomic mass is 9.40. The Kier molecular flexibility index (Phi) is 4.53. The van der Waals surface area contributed by atoms with Crippen molar-refractivity contribution in [3.63, 3.8) is 0 Å². The van der Waals surface area contributed by atoms with Crippen molar-refractivity contribution in [1.29, 1.82) is 0 Å². The van der Waals surface area contributed by atoms with Crippen LogP contribution in [0, 0.1) is 81.4 Å². The van der Waals surface area contributed by atoms with Crippen LogP contribution >= 0.6 is 0 Å². The second-order valence-electron chi connectivity index (χ2n) is 15.8. The molecule has 0 unspecified atom stereocenters. The van der Waals surface area contributed by atoms with Crippen LogP contribution in [0.5, 0.6) is 0 Å². The van der Waals surface area contributed by atoms with Gasteiger partial charge in [-0.1, -0.05) is 33.6 Å². The average Bonchev–Trinajstić information content (AvgIpc) is 3.67. The maximum atomic E-state index is 12.3. The van der Waals surface area contributed by atoms with Gasteiger partial charge < -0.3 is 29.5 Å². The highest BCUT2D eigenvalue weighted by Crippen LogP contribution is 2.91. The number of hydrogen-bond donors (Lipinski definition) is 3. The van der Waals surface area contributed by atoms with Crippen molar-refractivity contribution in [2.75, 3.05) is 0 Å². The maximum absolute atomic E-state index is 12.3. The molecule has 0 aromatic heterocycles. The molecule has 0 aromatic carbocycles. The number of fused-ring (bicyclic) bond motifs is 6. The highest BCUT2D eigenvalue weighted by Gasteiger charge is 2.89. The van der Waals surface area contributed by atoms with Crippen LogP contribution in [0.25, 0.3) is 0 Å². The molecule has 3 spiro atoms. The van der Waals surface area contributed by atoms with E-state index in [4.69, 9.17) is 27.1 Å². The summed E-state index contributed by atoms with van der Waals surface area (Å²) in [5, 5.41) is 34.0. The van der Waals surface area contributed by atoms with Crippen LogP contribution in [0.3, 0.4) is 0 Å². The van der Waals surface area contributed by atoms with Gasteiger partial charge in [0.2, 0.25) is 5.79 Å². The number of aliphatic hydroxyl groups excluding tert-OH is 3. The molecule has 212 valence electrons. The third-order valence-corrected chi connectivity index (χ3v) is 15.1. The van der Waals surface area contributed by atoms with Gasteiger partial charge in [0.1, 0.15) is 11.7 Å². The highest BCUT2D eigenvalue weighted by atomic mass is 16.8. The van der Waals surface area contributed by atoms with Crippen molar-refractivity contribution in [2.45, 2.75) is 122 Å². The molecular formula is C33H44O6. The molecule has 39 heavy (non-hydrogen) atoms. The fraction of sp³-hybridized carbons (Fsp3) is 0.879. The summed E-state index contributed by atoms with van der Waals surface area (Å²) >= 11 is 0. The fourth-order valence-electron chi connectivity index (χ4n) is 13.3. The Hall–Kier alpha value is -1.12. The second kappa shape index (κ2) is 6.91. The summed E-state index contributed by atoms with van der Waals surface area (Å²) in [6, 6.07) is 0. The van der Waals surface area contributed by atoms with E-state index in [9.17, 15) is 15.3 Å². The Balaban J connectivity index is 1.23. The third-order valence-electron chi connectivity index (χ3n) is 15.1. The zero-order chi connectivity index (χ0) is 27.8. The van der Waals surface area contributed by atoms with Crippen molar-refractivity contribution in [1.82, 2.24) is 0 Å². The van der Waals surface area contributed by atoms with E-state index >= 15 is 0 Å². The maximum Gasteiger partial charge on any atom is 0.202 e. The zero-order valence-electron chi connectivity index (χ0n) is 23.9. The Labute approximate surface area is 232 Å². The first-order valence-corrected chi connectivity index (χ1v) is 15.3. The predicted molar refractivity (Wildman–Crippen MR) is 142 cm³/mol. The normalized spacial score (nSPS) is 66.7. The Morgan fingerprint density at radius 2 is 1.54 bits per heavy atom. The Morgan fingerprint density at radius 1 is 0.821 bits per heavy atom. The number of terminal acetylenes is 2. The molecule has 0 radical (unpaired) electrons. The zero-order valence-corrected chi connectivity index (χ0v) is 23.9. The number of aliphatic hydroxyl groups is 3. The molecule has 0 aromatic rings. The summed E-state index contributed by atoms with van der Waals surface area (Å²) in [4.78, 5) is 0. The minimum atomic E-state index is -1.08. The highest BCUT2D eigenvalue weighted by molar-refractivity contribution is 5.40. The Morgan fingerprint density at radius 3 is 2.15 bits per heavy atom. The van der Waals surface area contributed by atoms with Crippen LogP contribution in [0.1, 0.15) is 79.6 Å². The van der Waals surface area contributed by atoms with Crippen LogP contribution in [0.2, 0.25) is 0 Å². The van der Waals surface area contributed by atoms with E-state index in [1.807, 2.05) is 6.92 Å². The van der Waals surface area contributed by atoms with Crippen molar-refractivity contribution in [3.8, 4) is 24.7 Å². The van der Waals surface area contributed by atoms with Crippen LogP contribution < -0.4 is 0 Å². The lowest BCUT2D eigenvalue weighted by molar-refractivity contribution is -0.343. The lowest BCUT2D eigenvalue weighted by Crippen LogP contribution is -2.63. The van der Waals surface area contributed by atoms with E-state index in [0.29, 0.717) is 24.7 Å². The first kappa shape index (κ1) is 25.6. The minimum absolute atomic E-state index is 0.0341. The standard InChI is InChI=1S/C33H44O6/c1-8-18-14-33(25-29(7,38-25)26(36)39-33)37-19-15-30(9-2)21-11-10-20-27(4,5)22(34)12-13-31(20)17(3)32(21,31)16-23(35)28(30,6)24(18)19/h1-2,17-26,34-36H,10-16H2,3-7H3/t17-,18-,19+,20+,21+,22+,23-,24+,25+,26+,28-,29-,30+,31-,32+,33-/m1/s1. The molecule has 3 heterocycles. The number of hydrogen-bond acceptors (Lipinski definition) is 6. The summed E-state index contributed by atoms with van der Waals surface area (Å²) in [6.45, 7) is 11.0. The van der Waals surface area contributed by atoms with Crippen molar-refractivity contribution < 1.29 is 29.5 Å². The van der Waals surface area contributed by atoms with Gasteiger partial charge in [0.15, 0.2) is 6.29 Å². The summed E-state index contributed by atoms with van der Waals surface area (Å²) in [5.41, 5.74) is -1.99. The van der Waals surface area contributed by atoms with Crippen molar-refractivity contribution in [3.05, 3.63) is 0 Å². The van der Waals surface area contributed by atoms with E-state index in [2.05, 4.69) is 39.5 Å². The average molecular weight is 537 g/mol. The number of epoxide rings is 1. The van der Waals surface area contributed by atoms with E-state index in [1.54, 1.807) is 0 Å². The topological polar surface area (TPSA) is 91.7 Å². The fourth-order valence-corrected chi connectivity index (χ4v) is 13.3. The van der Waals surface area contributed by atoms with Crippen LogP contribution in [0.4, 0.5) is 0 Å². The summed E-state index contributed by atoms with van der Waals surface area (Å²) in [5.74, 6) is 6.20. The van der Waals surface area contributed by atoms with Gasteiger partial charge >= 0.3 is 0 Å². The molecule has 3 N–H and O–H groups in total. The molecule has 3 saturated heterocycles. The summed E-state index contributed by atoms with van der Waals surface area (Å²) in [6.07, 6.45) is 16.0. The minimum Gasteiger partial charge on any atom is -0.393 e. The first-order chi connectivity index (χ1) is 18.3. The van der Waals surface area contributed by atoms with Crippen LogP contribution in [-0.4, -0.2) is 57.4 Å². The number of ether oxygens (including phenoxy) is 3. The Bertz CT molecular complexity index is 1230. The van der Waals surface area contributed by atoms with E-state index in [1.165, 1.54) is 0 Å². The van der Waals surface area contributed by atoms with Gasteiger partial charge in [-0.15, -0.1) is 18.8 Å². The van der Waals surface area contributed by atoms with Gasteiger partial charge in [-0.2, -0.15) is 0 Å². The van der Waals surface area contributed by atoms with Gasteiger partial charge in [0, 0.05) is 29.1 Å². The van der Waals surface area contributed by atoms with Crippen LogP contribution in [-0.2, 0) is 14.2 Å². The molecule has 3 aliphatic heterocycles. The van der Waals surface area contributed by atoms with E-state index in [-0.39, 0.29) is 52.3 Å². The number of rotatable bonds is 0. The SMILES string of the molecule is C#C[C@@H]1C[C@@]2(O[C@H]3C[C@@]4(C#C)[C@@H]5CC[C@H]6C(C)(C)[C@@H](O)CC[C@@]67[C@@H](C)[C@@]57C[C@@H](O)[C@]4(C)[C@@H]13)O[C@H](O)[C@]1(C)O[C@H]21. The molecular weight excluding hydrogens is 492 g/mol. The predicted octanol–water partition coefficient (Wildman–Crippen LogP) is 3.47. The molecule has 6 heteroatoms. The largest absolute Gasteiger partial charge is 0.393 e. The third kappa shape index (κ3) is 2.33. The lowest BCUT2D eigenvalue weighted by Gasteiger charge is -2.63. The quantitative estimate of drug-likeness (QED) is 0.325. The smallest absolute Gasteiger partial charge is 0.202 e. The van der Waals surface area contributed by atoms with Crippen molar-refractivity contribution >= 4 is 0 Å². The molecule has 8 fully saturated rings. The summed E-state index contributed by atoms with van der Waals surface area (Å²) < 4.78 is 18.9. The molecule has 5 aliphatic carbocycles. The molecule has 5 saturated carbocycles. The molecule has 6 nitrogen and oxygen atoms in total. The van der Waals surface area contributed by atoms with Crippen LogP contribution in [0.15, 0.2) is 0 Å². The monoisotopic (exact) mass is 536 g/mol. The van der Waals surface area contributed by atoms with Gasteiger partial charge in [-0.25, -0.2) is 0 Å². The van der Waals surface area contributed by atoms with E-state index in [0.717, 1.165) is 32.1 Å². The second-order valence-corrected chi connectivity index (χ2v) is 15.8. The van der Waals surface area contributed by atoms with Gasteiger partial charge in [0.25, 0.3) is 0 Å². The molecule has 8 rings (SSSR count). The molecule has 16 atom stereocenters. The first-order valence-electron chi connectivity index (χ1n) is 15.3. The molecule has 0 bridgehead atoms. The van der Waals surface area contributed by atoms with Crippen molar-refractivity contribution in [2.24, 2.45) is 56.7 Å². The molecule has 0 amide bonds. The van der Waals surface area contributed by atoms with Gasteiger partial charge in [-0.05, 0) is 79.4 Å². The summed E-state index contributed by atoms with van der Waals surface area (Å²) in [7, 11) is 0. The van der Waals surface area contributed by atoms with Gasteiger partial charge in [0.05, 0.1) is 18.3 Å².